The van der Waals surface area contributed by atoms with Crippen molar-refractivity contribution in [3.63, 3.8) is 0 Å². The largest absolute Gasteiger partial charge is 0.396 e. The molecule has 0 bridgehead atoms. The van der Waals surface area contributed by atoms with Gasteiger partial charge in [0.05, 0.1) is 18.0 Å². The van der Waals surface area contributed by atoms with E-state index in [0.717, 1.165) is 19.3 Å². The van der Waals surface area contributed by atoms with Crippen LogP contribution < -0.4 is 5.32 Å². The van der Waals surface area contributed by atoms with Crippen molar-refractivity contribution < 1.29 is 14.8 Å². The number of nitro benzene ring substituents is 1. The summed E-state index contributed by atoms with van der Waals surface area (Å²) in [5.41, 5.74) is 0.338. The summed E-state index contributed by atoms with van der Waals surface area (Å²) in [6, 6.07) is 6.06. The minimum absolute atomic E-state index is 0.0126. The molecule has 1 aromatic carbocycles. The summed E-state index contributed by atoms with van der Waals surface area (Å²) < 4.78 is 0. The molecule has 2 rings (SSSR count). The number of nitro groups is 1. The molecule has 1 aromatic rings. The smallest absolute Gasteiger partial charge is 0.269 e. The second-order valence-corrected chi connectivity index (χ2v) is 5.93. The molecule has 0 unspecified atom stereocenters. The minimum Gasteiger partial charge on any atom is -0.396 e. The van der Waals surface area contributed by atoms with Crippen LogP contribution in [0.3, 0.4) is 0 Å². The Labute approximate surface area is 123 Å². The van der Waals surface area contributed by atoms with E-state index in [0.29, 0.717) is 5.56 Å². The number of aliphatic hydroxyl groups is 1. The van der Waals surface area contributed by atoms with Crippen LogP contribution in [0, 0.1) is 15.5 Å². The number of aliphatic hydroxyl groups excluding tert-OH is 1. The van der Waals surface area contributed by atoms with Crippen molar-refractivity contribution >= 4 is 11.6 Å². The van der Waals surface area contributed by atoms with Gasteiger partial charge < -0.3 is 10.4 Å². The van der Waals surface area contributed by atoms with Crippen molar-refractivity contribution in [2.24, 2.45) is 5.41 Å². The molecule has 1 aliphatic carbocycles. The van der Waals surface area contributed by atoms with Crippen LogP contribution in [0.1, 0.15) is 31.7 Å². The van der Waals surface area contributed by atoms with Crippen molar-refractivity contribution in [2.75, 3.05) is 6.61 Å². The molecule has 6 nitrogen and oxygen atoms in total. The average Bonchev–Trinajstić information content (AvgIpc) is 2.81. The highest BCUT2D eigenvalue weighted by Crippen LogP contribution is 2.37. The molecule has 0 aromatic heterocycles. The fraction of sp³-hybridized carbons (Fsp3) is 0.533. The van der Waals surface area contributed by atoms with Gasteiger partial charge in [-0.05, 0) is 18.4 Å². The number of amides is 1. The fourth-order valence-corrected chi connectivity index (χ4v) is 2.88. The van der Waals surface area contributed by atoms with E-state index in [9.17, 15) is 20.0 Å². The lowest BCUT2D eigenvalue weighted by atomic mass is 9.85. The van der Waals surface area contributed by atoms with Gasteiger partial charge in [-0.3, -0.25) is 14.9 Å². The summed E-state index contributed by atoms with van der Waals surface area (Å²) in [6.07, 6.45) is 2.85. The Morgan fingerprint density at radius 3 is 3.00 bits per heavy atom. The standard InChI is InChI=1S/C15H20N2O4/c1-15(10-18)7-3-6-13(15)16-14(19)9-11-4-2-5-12(8-11)17(20)21/h2,4-5,8,13,18H,3,6-7,9-10H2,1H3,(H,16,19)/t13-,15+/m1/s1. The van der Waals surface area contributed by atoms with E-state index in [-0.39, 0.29) is 36.1 Å². The van der Waals surface area contributed by atoms with Gasteiger partial charge in [0.2, 0.25) is 5.91 Å². The molecule has 2 N–H and O–H groups in total. The molecule has 1 aliphatic rings. The van der Waals surface area contributed by atoms with Gasteiger partial charge in [0.1, 0.15) is 0 Å². The summed E-state index contributed by atoms with van der Waals surface area (Å²) in [7, 11) is 0. The van der Waals surface area contributed by atoms with E-state index in [1.165, 1.54) is 12.1 Å². The Balaban J connectivity index is 1.99. The zero-order valence-corrected chi connectivity index (χ0v) is 12.0. The molecule has 6 heteroatoms. The number of carbonyl (C=O) groups is 1. The Morgan fingerprint density at radius 2 is 2.33 bits per heavy atom. The van der Waals surface area contributed by atoms with Crippen LogP contribution in [0.4, 0.5) is 5.69 Å². The summed E-state index contributed by atoms with van der Waals surface area (Å²) in [5.74, 6) is -0.165. The number of nitrogens with one attached hydrogen (secondary N) is 1. The molecule has 0 heterocycles. The lowest BCUT2D eigenvalue weighted by Gasteiger charge is -2.30. The van der Waals surface area contributed by atoms with Crippen molar-refractivity contribution in [1.82, 2.24) is 5.32 Å². The first-order valence-electron chi connectivity index (χ1n) is 7.08. The molecular weight excluding hydrogens is 272 g/mol. The van der Waals surface area contributed by atoms with Gasteiger partial charge in [-0.15, -0.1) is 0 Å². The molecule has 21 heavy (non-hydrogen) atoms. The monoisotopic (exact) mass is 292 g/mol. The molecule has 1 saturated carbocycles. The normalized spacial score (nSPS) is 24.8. The minimum atomic E-state index is -0.471. The van der Waals surface area contributed by atoms with Crippen LogP contribution in [-0.2, 0) is 11.2 Å². The number of nitrogens with zero attached hydrogens (tertiary/aromatic N) is 1. The zero-order valence-electron chi connectivity index (χ0n) is 12.0. The number of carbonyl (C=O) groups excluding carboxylic acids is 1. The van der Waals surface area contributed by atoms with Gasteiger partial charge in [-0.2, -0.15) is 0 Å². The van der Waals surface area contributed by atoms with Crippen LogP contribution >= 0.6 is 0 Å². The first-order valence-corrected chi connectivity index (χ1v) is 7.08. The zero-order chi connectivity index (χ0) is 15.5. The molecule has 1 amide bonds. The van der Waals surface area contributed by atoms with Gasteiger partial charge in [0.15, 0.2) is 0 Å². The van der Waals surface area contributed by atoms with E-state index in [2.05, 4.69) is 5.32 Å². The maximum absolute atomic E-state index is 12.1. The summed E-state index contributed by atoms with van der Waals surface area (Å²) in [6.45, 7) is 2.02. The number of benzene rings is 1. The molecule has 2 atom stereocenters. The molecule has 0 aliphatic heterocycles. The van der Waals surface area contributed by atoms with Gasteiger partial charge in [-0.25, -0.2) is 0 Å². The van der Waals surface area contributed by atoms with Crippen LogP contribution in [0.2, 0.25) is 0 Å². The predicted octanol–water partition coefficient (Wildman–Crippen LogP) is 1.80. The molecule has 1 fully saturated rings. The average molecular weight is 292 g/mol. The second-order valence-electron chi connectivity index (χ2n) is 5.93. The third-order valence-corrected chi connectivity index (χ3v) is 4.26. The third-order valence-electron chi connectivity index (χ3n) is 4.26. The lowest BCUT2D eigenvalue weighted by molar-refractivity contribution is -0.384. The Morgan fingerprint density at radius 1 is 1.57 bits per heavy atom. The Bertz CT molecular complexity index is 546. The molecular formula is C15H20N2O4. The highest BCUT2D eigenvalue weighted by molar-refractivity contribution is 5.79. The topological polar surface area (TPSA) is 92.5 Å². The quantitative estimate of drug-likeness (QED) is 0.639. The highest BCUT2D eigenvalue weighted by Gasteiger charge is 2.38. The van der Waals surface area contributed by atoms with Crippen LogP contribution in [0.25, 0.3) is 0 Å². The van der Waals surface area contributed by atoms with E-state index in [1.54, 1.807) is 12.1 Å². The third kappa shape index (κ3) is 3.58. The number of non-ortho nitro benzene ring substituents is 1. The van der Waals surface area contributed by atoms with Crippen molar-refractivity contribution in [1.29, 1.82) is 0 Å². The summed E-state index contributed by atoms with van der Waals surface area (Å²) >= 11 is 0. The summed E-state index contributed by atoms with van der Waals surface area (Å²) in [4.78, 5) is 22.3. The van der Waals surface area contributed by atoms with Crippen LogP contribution in [0.15, 0.2) is 24.3 Å². The van der Waals surface area contributed by atoms with Crippen LogP contribution in [-0.4, -0.2) is 28.6 Å². The molecule has 0 spiro atoms. The van der Waals surface area contributed by atoms with E-state index < -0.39 is 4.92 Å². The van der Waals surface area contributed by atoms with Crippen molar-refractivity contribution in [3.8, 4) is 0 Å². The number of rotatable bonds is 5. The first kappa shape index (κ1) is 15.4. The van der Waals surface area contributed by atoms with Crippen molar-refractivity contribution in [3.05, 3.63) is 39.9 Å². The number of hydrogen-bond acceptors (Lipinski definition) is 4. The van der Waals surface area contributed by atoms with Crippen molar-refractivity contribution in [2.45, 2.75) is 38.6 Å². The lowest BCUT2D eigenvalue weighted by Crippen LogP contribution is -2.45. The van der Waals surface area contributed by atoms with E-state index in [4.69, 9.17) is 0 Å². The SMILES string of the molecule is C[C@@]1(CO)CCC[C@H]1NC(=O)Cc1cccc([N+](=O)[O-])c1. The van der Waals surface area contributed by atoms with E-state index in [1.807, 2.05) is 6.92 Å². The Kier molecular flexibility index (Phi) is 4.57. The predicted molar refractivity (Wildman–Crippen MR) is 77.8 cm³/mol. The number of hydrogen-bond donors (Lipinski definition) is 2. The van der Waals surface area contributed by atoms with Gasteiger partial charge >= 0.3 is 0 Å². The van der Waals surface area contributed by atoms with Gasteiger partial charge in [0, 0.05) is 23.6 Å². The summed E-state index contributed by atoms with van der Waals surface area (Å²) in [5, 5.41) is 23.1. The highest BCUT2D eigenvalue weighted by atomic mass is 16.6. The molecule has 0 saturated heterocycles. The maximum Gasteiger partial charge on any atom is 0.269 e. The molecule has 114 valence electrons. The second kappa shape index (κ2) is 6.22. The Hall–Kier alpha value is -1.95. The first-order chi connectivity index (χ1) is 9.94. The maximum atomic E-state index is 12.1. The fourth-order valence-electron chi connectivity index (χ4n) is 2.88. The van der Waals surface area contributed by atoms with E-state index >= 15 is 0 Å². The van der Waals surface area contributed by atoms with Gasteiger partial charge in [0.25, 0.3) is 5.69 Å². The molecule has 0 radical (unpaired) electrons. The van der Waals surface area contributed by atoms with Crippen LogP contribution in [0.5, 0.6) is 0 Å². The van der Waals surface area contributed by atoms with Gasteiger partial charge in [-0.1, -0.05) is 25.5 Å².